The molecule has 0 radical (unpaired) electrons. The maximum absolute atomic E-state index is 3.38. The van der Waals surface area contributed by atoms with Crippen molar-refractivity contribution in [2.75, 3.05) is 13.1 Å². The lowest BCUT2D eigenvalue weighted by Gasteiger charge is -2.32. The van der Waals surface area contributed by atoms with Crippen molar-refractivity contribution >= 4 is 0 Å². The molecule has 0 heterocycles. The summed E-state index contributed by atoms with van der Waals surface area (Å²) in [6.07, 6.45) is 2.48. The van der Waals surface area contributed by atoms with E-state index in [1.807, 2.05) is 0 Å². The van der Waals surface area contributed by atoms with Crippen molar-refractivity contribution in [3.05, 3.63) is 35.4 Å². The topological polar surface area (TPSA) is 15.3 Å². The van der Waals surface area contributed by atoms with Crippen LogP contribution in [0.2, 0.25) is 0 Å². The highest BCUT2D eigenvalue weighted by Crippen LogP contribution is 2.16. The van der Waals surface area contributed by atoms with Gasteiger partial charge in [-0.25, -0.2) is 0 Å². The van der Waals surface area contributed by atoms with Gasteiger partial charge in [0.05, 0.1) is 0 Å². The predicted molar refractivity (Wildman–Crippen MR) is 93.4 cm³/mol. The molecule has 0 aliphatic carbocycles. The molecule has 0 aliphatic heterocycles. The third-order valence-corrected chi connectivity index (χ3v) is 4.05. The Morgan fingerprint density at radius 1 is 0.952 bits per heavy atom. The largest absolute Gasteiger partial charge is 0.313 e. The summed E-state index contributed by atoms with van der Waals surface area (Å²) < 4.78 is 0. The van der Waals surface area contributed by atoms with Crippen molar-refractivity contribution in [1.82, 2.24) is 10.2 Å². The van der Waals surface area contributed by atoms with Crippen molar-refractivity contribution in [2.24, 2.45) is 5.92 Å². The van der Waals surface area contributed by atoms with Gasteiger partial charge in [-0.15, -0.1) is 0 Å². The molecule has 0 spiro atoms. The first-order valence-electron chi connectivity index (χ1n) is 8.63. The molecule has 1 N–H and O–H groups in total. The van der Waals surface area contributed by atoms with Crippen molar-refractivity contribution in [2.45, 2.75) is 66.6 Å². The van der Waals surface area contributed by atoms with E-state index in [0.29, 0.717) is 6.04 Å². The van der Waals surface area contributed by atoms with E-state index in [1.54, 1.807) is 0 Å². The van der Waals surface area contributed by atoms with Crippen LogP contribution < -0.4 is 5.32 Å². The molecule has 0 atom stereocenters. The molecule has 0 amide bonds. The molecule has 21 heavy (non-hydrogen) atoms. The van der Waals surface area contributed by atoms with Gasteiger partial charge in [0.25, 0.3) is 0 Å². The second kappa shape index (κ2) is 9.97. The second-order valence-electron chi connectivity index (χ2n) is 6.39. The Hall–Kier alpha value is -0.860. The molecular formula is C19H34N2. The summed E-state index contributed by atoms with van der Waals surface area (Å²) in [4.78, 5) is 2.66. The van der Waals surface area contributed by atoms with E-state index in [4.69, 9.17) is 0 Å². The van der Waals surface area contributed by atoms with Crippen molar-refractivity contribution in [3.63, 3.8) is 0 Å². The van der Waals surface area contributed by atoms with E-state index in [9.17, 15) is 0 Å². The van der Waals surface area contributed by atoms with Crippen LogP contribution in [0.4, 0.5) is 0 Å². The number of benzene rings is 1. The molecule has 0 unspecified atom stereocenters. The summed E-state index contributed by atoms with van der Waals surface area (Å²) in [6.45, 7) is 15.6. The van der Waals surface area contributed by atoms with Gasteiger partial charge in [-0.2, -0.15) is 0 Å². The molecule has 2 heteroatoms. The Balaban J connectivity index is 2.68. The molecule has 1 aromatic rings. The molecule has 0 fully saturated rings. The maximum Gasteiger partial charge on any atom is 0.0236 e. The van der Waals surface area contributed by atoms with Gasteiger partial charge in [0.1, 0.15) is 0 Å². The van der Waals surface area contributed by atoms with Crippen molar-refractivity contribution in [3.8, 4) is 0 Å². The lowest BCUT2D eigenvalue weighted by Crippen LogP contribution is -2.36. The second-order valence-corrected chi connectivity index (χ2v) is 6.39. The summed E-state index contributed by atoms with van der Waals surface area (Å²) in [5, 5.41) is 3.38. The first-order valence-corrected chi connectivity index (χ1v) is 8.63. The standard InChI is InChI=1S/C19H34N2/c1-6-19(7-2)21(14-16(4)5)15-18-11-9-17(10-12-18)13-20-8-3/h9-12,16,19-20H,6-8,13-15H2,1-5H3. The van der Waals surface area contributed by atoms with Crippen LogP contribution in [0, 0.1) is 5.92 Å². The third-order valence-electron chi connectivity index (χ3n) is 4.05. The Labute approximate surface area is 131 Å². The molecule has 1 rings (SSSR count). The van der Waals surface area contributed by atoms with E-state index in [1.165, 1.54) is 30.5 Å². The van der Waals surface area contributed by atoms with Crippen molar-refractivity contribution < 1.29 is 0 Å². The molecule has 120 valence electrons. The fourth-order valence-electron chi connectivity index (χ4n) is 2.88. The van der Waals surface area contributed by atoms with Gasteiger partial charge in [-0.1, -0.05) is 58.9 Å². The van der Waals surface area contributed by atoms with E-state index < -0.39 is 0 Å². The number of hydrogen-bond donors (Lipinski definition) is 1. The summed E-state index contributed by atoms with van der Waals surface area (Å²) in [5.74, 6) is 0.721. The molecule has 0 saturated heterocycles. The number of nitrogens with zero attached hydrogens (tertiary/aromatic N) is 1. The van der Waals surface area contributed by atoms with Gasteiger partial charge in [-0.3, -0.25) is 4.90 Å². The van der Waals surface area contributed by atoms with Gasteiger partial charge < -0.3 is 5.32 Å². The van der Waals surface area contributed by atoms with Gasteiger partial charge >= 0.3 is 0 Å². The van der Waals surface area contributed by atoms with Crippen LogP contribution >= 0.6 is 0 Å². The quantitative estimate of drug-likeness (QED) is 0.685. The summed E-state index contributed by atoms with van der Waals surface area (Å²) >= 11 is 0. The molecule has 2 nitrogen and oxygen atoms in total. The molecule has 0 bridgehead atoms. The summed E-state index contributed by atoms with van der Waals surface area (Å²) in [6, 6.07) is 9.82. The van der Waals surface area contributed by atoms with E-state index in [0.717, 1.165) is 25.6 Å². The van der Waals surface area contributed by atoms with Crippen LogP contribution in [0.1, 0.15) is 58.6 Å². The SMILES string of the molecule is CCNCc1ccc(CN(CC(C)C)C(CC)CC)cc1. The van der Waals surface area contributed by atoms with Crippen LogP contribution in [0.3, 0.4) is 0 Å². The summed E-state index contributed by atoms with van der Waals surface area (Å²) in [5.41, 5.74) is 2.81. The van der Waals surface area contributed by atoms with Crippen LogP contribution in [-0.2, 0) is 13.1 Å². The molecule has 1 aromatic carbocycles. The smallest absolute Gasteiger partial charge is 0.0236 e. The van der Waals surface area contributed by atoms with Gasteiger partial charge in [0, 0.05) is 25.7 Å². The van der Waals surface area contributed by atoms with Gasteiger partial charge in [-0.05, 0) is 36.4 Å². The van der Waals surface area contributed by atoms with Gasteiger partial charge in [0.15, 0.2) is 0 Å². The van der Waals surface area contributed by atoms with Gasteiger partial charge in [0.2, 0.25) is 0 Å². The zero-order valence-electron chi connectivity index (χ0n) is 14.7. The number of hydrogen-bond acceptors (Lipinski definition) is 2. The van der Waals surface area contributed by atoms with Crippen LogP contribution in [0.15, 0.2) is 24.3 Å². The highest BCUT2D eigenvalue weighted by molar-refractivity contribution is 5.22. The number of rotatable bonds is 10. The van der Waals surface area contributed by atoms with Crippen LogP contribution in [0.5, 0.6) is 0 Å². The Morgan fingerprint density at radius 3 is 2.00 bits per heavy atom. The summed E-state index contributed by atoms with van der Waals surface area (Å²) in [7, 11) is 0. The normalized spacial score (nSPS) is 11.8. The average Bonchev–Trinajstić information content (AvgIpc) is 2.47. The minimum Gasteiger partial charge on any atom is -0.313 e. The third kappa shape index (κ3) is 6.62. The molecule has 0 saturated carbocycles. The van der Waals surface area contributed by atoms with E-state index >= 15 is 0 Å². The Kier molecular flexibility index (Phi) is 8.63. The highest BCUT2D eigenvalue weighted by Gasteiger charge is 2.16. The monoisotopic (exact) mass is 290 g/mol. The lowest BCUT2D eigenvalue weighted by atomic mass is 10.1. The average molecular weight is 290 g/mol. The Bertz CT molecular complexity index is 366. The molecule has 0 aromatic heterocycles. The van der Waals surface area contributed by atoms with Crippen LogP contribution in [0.25, 0.3) is 0 Å². The lowest BCUT2D eigenvalue weighted by molar-refractivity contribution is 0.157. The van der Waals surface area contributed by atoms with Crippen molar-refractivity contribution in [1.29, 1.82) is 0 Å². The first-order chi connectivity index (χ1) is 10.1. The zero-order valence-corrected chi connectivity index (χ0v) is 14.7. The molecule has 0 aliphatic rings. The minimum absolute atomic E-state index is 0.703. The van der Waals surface area contributed by atoms with Crippen LogP contribution in [-0.4, -0.2) is 24.0 Å². The fraction of sp³-hybridized carbons (Fsp3) is 0.684. The van der Waals surface area contributed by atoms with E-state index in [-0.39, 0.29) is 0 Å². The molecular weight excluding hydrogens is 256 g/mol. The number of nitrogens with one attached hydrogen (secondary N) is 1. The van der Waals surface area contributed by atoms with E-state index in [2.05, 4.69) is 69.1 Å². The maximum atomic E-state index is 3.38. The fourth-order valence-corrected chi connectivity index (χ4v) is 2.88. The zero-order chi connectivity index (χ0) is 15.7. The minimum atomic E-state index is 0.703. The Morgan fingerprint density at radius 2 is 1.52 bits per heavy atom. The predicted octanol–water partition coefficient (Wildman–Crippen LogP) is 4.44. The first kappa shape index (κ1) is 18.2. The highest BCUT2D eigenvalue weighted by atomic mass is 15.2.